The van der Waals surface area contributed by atoms with Gasteiger partial charge in [0.15, 0.2) is 0 Å². The minimum absolute atomic E-state index is 0.108. The van der Waals surface area contributed by atoms with E-state index in [9.17, 15) is 0 Å². The number of hydrogen-bond acceptors (Lipinski definition) is 0. The van der Waals surface area contributed by atoms with Crippen molar-refractivity contribution >= 4 is 35.1 Å². The number of fused-ring (bicyclic) bond motifs is 2. The second-order valence-electron chi connectivity index (χ2n) is 12.7. The molecule has 0 amide bonds. The van der Waals surface area contributed by atoms with Crippen molar-refractivity contribution in [3.8, 4) is 22.3 Å². The van der Waals surface area contributed by atoms with Crippen LogP contribution in [0.25, 0.3) is 34.4 Å². The van der Waals surface area contributed by atoms with Crippen molar-refractivity contribution in [3.63, 3.8) is 0 Å². The molecular weight excluding hydrogens is 647 g/mol. The van der Waals surface area contributed by atoms with Gasteiger partial charge in [-0.05, 0) is 0 Å². The van der Waals surface area contributed by atoms with Gasteiger partial charge in [0.05, 0.1) is 0 Å². The Kier molecular flexibility index (Phi) is 8.02. The van der Waals surface area contributed by atoms with Gasteiger partial charge in [-0.3, -0.25) is 0 Å². The molecule has 4 aromatic rings. The molecule has 0 saturated carbocycles. The molecule has 0 saturated heterocycles. The number of hydrogen-bond donors (Lipinski definition) is 0. The first-order valence-electron chi connectivity index (χ1n) is 15.5. The molecule has 0 radical (unpaired) electrons. The number of aryl methyl sites for hydroxylation is 2. The van der Waals surface area contributed by atoms with E-state index in [1.54, 1.807) is 0 Å². The van der Waals surface area contributed by atoms with Crippen molar-refractivity contribution < 1.29 is 15.6 Å². The van der Waals surface area contributed by atoms with Gasteiger partial charge in [-0.1, -0.05) is 0 Å². The normalized spacial score (nSPS) is 18.7. The quantitative estimate of drug-likeness (QED) is 0.170. The predicted molar refractivity (Wildman–Crippen MR) is 186 cm³/mol. The van der Waals surface area contributed by atoms with Gasteiger partial charge >= 0.3 is 263 Å². The van der Waals surface area contributed by atoms with E-state index >= 15 is 0 Å². The van der Waals surface area contributed by atoms with Crippen LogP contribution in [0, 0.1) is 0 Å². The van der Waals surface area contributed by atoms with E-state index in [0.717, 1.165) is 12.8 Å². The monoisotopic (exact) mass is 685 g/mol. The molecule has 0 spiro atoms. The Hall–Kier alpha value is -1.96. The summed E-state index contributed by atoms with van der Waals surface area (Å²) in [6, 6.07) is 31.6. The molecule has 0 nitrogen and oxygen atoms in total. The zero-order valence-corrected chi connectivity index (χ0v) is 30.8. The zero-order chi connectivity index (χ0) is 29.8. The summed E-state index contributed by atoms with van der Waals surface area (Å²) in [6.45, 7) is 13.9. The summed E-state index contributed by atoms with van der Waals surface area (Å²) in [6.07, 6.45) is 6.87. The molecule has 0 aliphatic heterocycles. The van der Waals surface area contributed by atoms with Crippen LogP contribution < -0.4 is 0 Å². The van der Waals surface area contributed by atoms with Gasteiger partial charge in [0.1, 0.15) is 0 Å². The Labute approximate surface area is 261 Å². The summed E-state index contributed by atoms with van der Waals surface area (Å²) in [7, 11) is 16.9. The van der Waals surface area contributed by atoms with E-state index in [2.05, 4.69) is 138 Å². The maximum atomic E-state index is 8.43. The first-order chi connectivity index (χ1) is 20.1. The van der Waals surface area contributed by atoms with Crippen molar-refractivity contribution in [1.82, 2.24) is 0 Å². The SMILES string of the molecule is CCc1cccc(-c2cccc3c2C=C(C)[CH]3[Zr]([Cl])([Cl])([CH]2C(C)=Cc3c(-c4cccc(CC)c4)cccc32)[SiH](C)C)c1. The molecule has 0 heterocycles. The minimum atomic E-state index is -4.68. The predicted octanol–water partition coefficient (Wildman–Crippen LogP) is 11.7. The maximum absolute atomic E-state index is 8.43. The second-order valence-corrected chi connectivity index (χ2v) is 55.3. The topological polar surface area (TPSA) is 0 Å². The molecule has 4 heteroatoms. The summed E-state index contributed by atoms with van der Waals surface area (Å²) in [5.41, 5.74) is 15.9. The van der Waals surface area contributed by atoms with Crippen molar-refractivity contribution in [3.05, 3.63) is 129 Å². The van der Waals surface area contributed by atoms with Crippen molar-refractivity contribution in [2.45, 2.75) is 60.9 Å². The average molecular weight is 688 g/mol. The van der Waals surface area contributed by atoms with Gasteiger partial charge in [-0.15, -0.1) is 0 Å². The van der Waals surface area contributed by atoms with Gasteiger partial charge in [-0.25, -0.2) is 0 Å². The molecule has 0 N–H and O–H groups in total. The molecule has 2 atom stereocenters. The van der Waals surface area contributed by atoms with Gasteiger partial charge < -0.3 is 0 Å². The molecular formula is C38H41Cl2SiZr. The molecule has 4 aromatic carbocycles. The molecule has 2 aliphatic rings. The third kappa shape index (κ3) is 4.64. The molecule has 0 bridgehead atoms. The first-order valence-corrected chi connectivity index (χ1v) is 31.8. The number of benzene rings is 4. The Morgan fingerprint density at radius 3 is 1.40 bits per heavy atom. The summed E-state index contributed by atoms with van der Waals surface area (Å²) in [4.78, 5) is 0. The van der Waals surface area contributed by atoms with Crippen molar-refractivity contribution in [2.75, 3.05) is 0 Å². The molecule has 0 fully saturated rings. The zero-order valence-electron chi connectivity index (χ0n) is 25.6. The van der Waals surface area contributed by atoms with Crippen LogP contribution in [0.2, 0.25) is 13.1 Å². The van der Waals surface area contributed by atoms with Crippen LogP contribution in [0.15, 0.2) is 96.1 Å². The van der Waals surface area contributed by atoms with E-state index in [-0.39, 0.29) is 7.25 Å². The Bertz CT molecular complexity index is 1640. The van der Waals surface area contributed by atoms with Crippen LogP contribution >= 0.6 is 17.0 Å². The number of halogens is 2. The molecule has 2 unspecified atom stereocenters. The van der Waals surface area contributed by atoms with Gasteiger partial charge in [0.2, 0.25) is 0 Å². The number of rotatable bonds is 7. The second kappa shape index (κ2) is 11.2. The summed E-state index contributed by atoms with van der Waals surface area (Å²) < 4.78 is 0.217. The third-order valence-electron chi connectivity index (χ3n) is 10.1. The molecule has 42 heavy (non-hydrogen) atoms. The van der Waals surface area contributed by atoms with Crippen LogP contribution in [-0.2, 0) is 28.4 Å². The fraction of sp³-hybridized carbons (Fsp3) is 0.263. The van der Waals surface area contributed by atoms with Crippen LogP contribution in [0.5, 0.6) is 0 Å². The summed E-state index contributed by atoms with van der Waals surface area (Å²) in [5.74, 6) is -1.56. The van der Waals surface area contributed by atoms with E-state index in [1.165, 1.54) is 66.8 Å². The van der Waals surface area contributed by atoms with Crippen LogP contribution in [0.1, 0.15) is 68.3 Å². The average Bonchev–Trinajstić information content (AvgIpc) is 3.53. The molecule has 6 rings (SSSR count). The third-order valence-corrected chi connectivity index (χ3v) is 62.3. The summed E-state index contributed by atoms with van der Waals surface area (Å²) in [5, 5.41) is 0. The van der Waals surface area contributed by atoms with Crippen LogP contribution in [-0.4, -0.2) is 5.92 Å². The summed E-state index contributed by atoms with van der Waals surface area (Å²) >= 11 is -4.68. The van der Waals surface area contributed by atoms with Crippen LogP contribution in [0.4, 0.5) is 0 Å². The van der Waals surface area contributed by atoms with E-state index in [4.69, 9.17) is 17.0 Å². The molecule has 2 aliphatic carbocycles. The van der Waals surface area contributed by atoms with Gasteiger partial charge in [0, 0.05) is 0 Å². The molecule has 0 aromatic heterocycles. The number of allylic oxidation sites excluding steroid dienone is 2. The van der Waals surface area contributed by atoms with Gasteiger partial charge in [-0.2, -0.15) is 0 Å². The fourth-order valence-electron chi connectivity index (χ4n) is 7.82. The van der Waals surface area contributed by atoms with Gasteiger partial charge in [0.25, 0.3) is 0 Å². The van der Waals surface area contributed by atoms with E-state index in [1.807, 2.05) is 0 Å². The van der Waals surface area contributed by atoms with Crippen LogP contribution in [0.3, 0.4) is 0 Å². The fourth-order valence-corrected chi connectivity index (χ4v) is 40.7. The Morgan fingerprint density at radius 1 is 0.619 bits per heavy atom. The van der Waals surface area contributed by atoms with Crippen molar-refractivity contribution in [2.24, 2.45) is 0 Å². The standard InChI is InChI=1S/2C18H17.C2H7Si.2ClH.Zr/c2*1-3-14-6-4-7-16(12-14)17-9-5-8-15-10-13(2)11-18(15)17;1-3-2;;;/h2*4-12H,3H2,1-2H3;3H,1-2H3;2*1H;/q;;;;;+2/p-2. The Morgan fingerprint density at radius 2 is 1.02 bits per heavy atom. The van der Waals surface area contributed by atoms with E-state index < -0.39 is 21.5 Å². The molecule has 215 valence electrons. The first kappa shape index (κ1) is 30.1. The van der Waals surface area contributed by atoms with Crippen molar-refractivity contribution in [1.29, 1.82) is 0 Å². The Balaban J connectivity index is 1.53. The van der Waals surface area contributed by atoms with E-state index in [0.29, 0.717) is 0 Å².